The molecule has 0 fully saturated rings. The number of carbonyl (C=O) groups excluding carboxylic acids is 1. The number of methoxy groups -OCH3 is 2. The highest BCUT2D eigenvalue weighted by atomic mass is 35.5. The zero-order chi connectivity index (χ0) is 18.0. The average Bonchev–Trinajstić information content (AvgIpc) is 2.90. The van der Waals surface area contributed by atoms with Crippen LogP contribution in [0.15, 0.2) is 53.2 Å². The Morgan fingerprint density at radius 1 is 1.08 bits per heavy atom. The Kier molecular flexibility index (Phi) is 4.76. The third-order valence-corrected chi connectivity index (χ3v) is 4.22. The van der Waals surface area contributed by atoms with Gasteiger partial charge in [-0.05, 0) is 35.9 Å². The lowest BCUT2D eigenvalue weighted by Crippen LogP contribution is -2.28. The highest BCUT2D eigenvalue weighted by Crippen LogP contribution is 2.30. The summed E-state index contributed by atoms with van der Waals surface area (Å²) in [5, 5.41) is 0.549. The first-order valence-electron chi connectivity index (χ1n) is 7.60. The van der Waals surface area contributed by atoms with Crippen LogP contribution in [0.4, 0.5) is 0 Å². The number of aliphatic imine (C=N–C) groups is 1. The van der Waals surface area contributed by atoms with E-state index in [0.29, 0.717) is 28.1 Å². The summed E-state index contributed by atoms with van der Waals surface area (Å²) in [5.41, 5.74) is 1.85. The Bertz CT molecular complexity index is 890. The zero-order valence-electron chi connectivity index (χ0n) is 14.1. The second-order valence-electron chi connectivity index (χ2n) is 5.42. The molecule has 0 unspecified atom stereocenters. The fourth-order valence-electron chi connectivity index (χ4n) is 2.58. The Hall–Kier alpha value is -2.79. The van der Waals surface area contributed by atoms with E-state index in [1.54, 1.807) is 45.5 Å². The molecule has 1 amide bonds. The molecule has 6 heteroatoms. The maximum absolute atomic E-state index is 12.5. The number of benzene rings is 2. The van der Waals surface area contributed by atoms with Crippen LogP contribution in [0.5, 0.6) is 11.5 Å². The summed E-state index contributed by atoms with van der Waals surface area (Å²) in [4.78, 5) is 18.5. The topological polar surface area (TPSA) is 51.1 Å². The molecular weight excluding hydrogens is 340 g/mol. The van der Waals surface area contributed by atoms with Gasteiger partial charge in [0.2, 0.25) is 0 Å². The van der Waals surface area contributed by atoms with E-state index in [1.807, 2.05) is 24.3 Å². The predicted molar refractivity (Wildman–Crippen MR) is 98.3 cm³/mol. The van der Waals surface area contributed by atoms with E-state index < -0.39 is 0 Å². The summed E-state index contributed by atoms with van der Waals surface area (Å²) in [7, 11) is 4.82. The lowest BCUT2D eigenvalue weighted by Gasteiger charge is -2.12. The molecule has 0 saturated carbocycles. The molecule has 2 aromatic rings. The SMILES string of the molecule is COc1ccc(/C=C2\N=C(c3ccccc3Cl)N(C)C2=O)cc1OC. The molecular formula is C19H17ClN2O3. The van der Waals surface area contributed by atoms with Crippen molar-refractivity contribution in [1.29, 1.82) is 0 Å². The van der Waals surface area contributed by atoms with Crippen LogP contribution < -0.4 is 9.47 Å². The van der Waals surface area contributed by atoms with Gasteiger partial charge in [-0.2, -0.15) is 0 Å². The van der Waals surface area contributed by atoms with Crippen molar-refractivity contribution in [2.45, 2.75) is 0 Å². The van der Waals surface area contributed by atoms with Gasteiger partial charge in [-0.1, -0.05) is 29.8 Å². The van der Waals surface area contributed by atoms with Gasteiger partial charge in [0.25, 0.3) is 5.91 Å². The van der Waals surface area contributed by atoms with E-state index in [0.717, 1.165) is 11.1 Å². The quantitative estimate of drug-likeness (QED) is 0.786. The summed E-state index contributed by atoms with van der Waals surface area (Å²) in [5.74, 6) is 1.55. The monoisotopic (exact) mass is 356 g/mol. The molecule has 5 nitrogen and oxygen atoms in total. The lowest BCUT2D eigenvalue weighted by atomic mass is 10.1. The van der Waals surface area contributed by atoms with Gasteiger partial charge < -0.3 is 9.47 Å². The molecule has 25 heavy (non-hydrogen) atoms. The van der Waals surface area contributed by atoms with Crippen molar-refractivity contribution in [3.05, 3.63) is 64.3 Å². The maximum atomic E-state index is 12.5. The summed E-state index contributed by atoms with van der Waals surface area (Å²) >= 11 is 6.23. The van der Waals surface area contributed by atoms with E-state index in [2.05, 4.69) is 4.99 Å². The van der Waals surface area contributed by atoms with Gasteiger partial charge >= 0.3 is 0 Å². The Morgan fingerprint density at radius 3 is 2.48 bits per heavy atom. The number of hydrogen-bond acceptors (Lipinski definition) is 4. The smallest absolute Gasteiger partial charge is 0.277 e. The fraction of sp³-hybridized carbons (Fsp3) is 0.158. The standard InChI is InChI=1S/C19H17ClN2O3/c1-22-18(13-6-4-5-7-14(13)20)21-15(19(22)23)10-12-8-9-16(24-2)17(11-12)25-3/h4-11H,1-3H3/b15-10-. The molecule has 0 saturated heterocycles. The minimum absolute atomic E-state index is 0.190. The predicted octanol–water partition coefficient (Wildman–Crippen LogP) is 3.62. The largest absolute Gasteiger partial charge is 0.493 e. The highest BCUT2D eigenvalue weighted by molar-refractivity contribution is 6.35. The Morgan fingerprint density at radius 2 is 1.80 bits per heavy atom. The average molecular weight is 357 g/mol. The first-order valence-corrected chi connectivity index (χ1v) is 7.98. The molecule has 0 bridgehead atoms. The van der Waals surface area contributed by atoms with Gasteiger partial charge in [0.1, 0.15) is 11.5 Å². The van der Waals surface area contributed by atoms with E-state index in [-0.39, 0.29) is 5.91 Å². The molecule has 128 valence electrons. The van der Waals surface area contributed by atoms with E-state index in [9.17, 15) is 4.79 Å². The lowest BCUT2D eigenvalue weighted by molar-refractivity contribution is -0.121. The summed E-state index contributed by atoms with van der Waals surface area (Å²) in [6.45, 7) is 0. The molecule has 0 N–H and O–H groups in total. The van der Waals surface area contributed by atoms with Gasteiger partial charge in [-0.3, -0.25) is 9.69 Å². The molecule has 2 aromatic carbocycles. The number of amides is 1. The summed E-state index contributed by atoms with van der Waals surface area (Å²) in [6.07, 6.45) is 1.71. The van der Waals surface area contributed by atoms with Gasteiger partial charge in [0.15, 0.2) is 11.5 Å². The van der Waals surface area contributed by atoms with Crippen molar-refractivity contribution in [3.63, 3.8) is 0 Å². The fourth-order valence-corrected chi connectivity index (χ4v) is 2.80. The summed E-state index contributed by atoms with van der Waals surface area (Å²) < 4.78 is 10.5. The molecule has 0 atom stereocenters. The molecule has 0 aliphatic carbocycles. The molecule has 3 rings (SSSR count). The van der Waals surface area contributed by atoms with Gasteiger partial charge in [0.05, 0.1) is 19.2 Å². The van der Waals surface area contributed by atoms with Gasteiger partial charge in [-0.25, -0.2) is 4.99 Å². The van der Waals surface area contributed by atoms with Gasteiger partial charge in [-0.15, -0.1) is 0 Å². The van der Waals surface area contributed by atoms with Crippen LogP contribution in [0, 0.1) is 0 Å². The Labute approximate surface area is 151 Å². The van der Waals surface area contributed by atoms with Crippen LogP contribution >= 0.6 is 11.6 Å². The third kappa shape index (κ3) is 3.23. The summed E-state index contributed by atoms with van der Waals surface area (Å²) in [6, 6.07) is 12.7. The van der Waals surface area contributed by atoms with E-state index in [1.165, 1.54) is 4.90 Å². The second-order valence-corrected chi connectivity index (χ2v) is 5.83. The number of nitrogens with zero attached hydrogens (tertiary/aromatic N) is 2. The highest BCUT2D eigenvalue weighted by Gasteiger charge is 2.28. The van der Waals surface area contributed by atoms with Crippen LogP contribution in [-0.2, 0) is 4.79 Å². The van der Waals surface area contributed by atoms with Crippen LogP contribution in [-0.4, -0.2) is 37.9 Å². The van der Waals surface area contributed by atoms with Crippen LogP contribution in [0.1, 0.15) is 11.1 Å². The molecule has 0 spiro atoms. The molecule has 1 aliphatic rings. The van der Waals surface area contributed by atoms with E-state index >= 15 is 0 Å². The van der Waals surface area contributed by atoms with Crippen molar-refractivity contribution in [2.75, 3.05) is 21.3 Å². The number of hydrogen-bond donors (Lipinski definition) is 0. The molecule has 0 radical (unpaired) electrons. The van der Waals surface area contributed by atoms with Crippen molar-refractivity contribution >= 4 is 29.4 Å². The van der Waals surface area contributed by atoms with E-state index in [4.69, 9.17) is 21.1 Å². The van der Waals surface area contributed by atoms with Crippen molar-refractivity contribution in [3.8, 4) is 11.5 Å². The molecule has 1 aliphatic heterocycles. The minimum Gasteiger partial charge on any atom is -0.493 e. The number of rotatable bonds is 4. The van der Waals surface area contributed by atoms with Crippen molar-refractivity contribution in [1.82, 2.24) is 4.90 Å². The molecule has 0 aromatic heterocycles. The zero-order valence-corrected chi connectivity index (χ0v) is 14.9. The van der Waals surface area contributed by atoms with Crippen molar-refractivity contribution < 1.29 is 14.3 Å². The van der Waals surface area contributed by atoms with Gasteiger partial charge in [0, 0.05) is 12.6 Å². The first kappa shape index (κ1) is 17.0. The first-order chi connectivity index (χ1) is 12.0. The number of ether oxygens (including phenoxy) is 2. The number of carbonyl (C=O) groups is 1. The second kappa shape index (κ2) is 6.99. The molecule has 1 heterocycles. The number of halogens is 1. The minimum atomic E-state index is -0.190. The van der Waals surface area contributed by atoms with Crippen LogP contribution in [0.2, 0.25) is 5.02 Å². The normalized spacial score (nSPS) is 15.5. The number of amidine groups is 1. The third-order valence-electron chi connectivity index (χ3n) is 3.89. The van der Waals surface area contributed by atoms with Crippen molar-refractivity contribution in [2.24, 2.45) is 4.99 Å². The Balaban J connectivity index is 2.01. The number of likely N-dealkylation sites (N-methyl/N-ethyl adjacent to an activating group) is 1. The van der Waals surface area contributed by atoms with Crippen LogP contribution in [0.3, 0.4) is 0 Å². The maximum Gasteiger partial charge on any atom is 0.277 e. The van der Waals surface area contributed by atoms with Crippen LogP contribution in [0.25, 0.3) is 6.08 Å².